The van der Waals surface area contributed by atoms with Crippen molar-refractivity contribution in [1.82, 2.24) is 10.6 Å². The smallest absolute Gasteiger partial charge is 0.337 e. The molecule has 1 saturated heterocycles. The van der Waals surface area contributed by atoms with Gasteiger partial charge >= 0.3 is 5.97 Å². The van der Waals surface area contributed by atoms with Crippen LogP contribution >= 0.6 is 0 Å². The Morgan fingerprint density at radius 3 is 2.61 bits per heavy atom. The minimum Gasteiger partial charge on any atom is -0.479 e. The molecular formula is C12H22N2O4. The fourth-order valence-electron chi connectivity index (χ4n) is 2.25. The minimum absolute atomic E-state index is 0.219. The molecule has 0 aliphatic carbocycles. The highest BCUT2D eigenvalue weighted by molar-refractivity contribution is 5.87. The summed E-state index contributed by atoms with van der Waals surface area (Å²) < 4.78 is 0. The van der Waals surface area contributed by atoms with Gasteiger partial charge < -0.3 is 20.8 Å². The Morgan fingerprint density at radius 2 is 2.17 bits per heavy atom. The van der Waals surface area contributed by atoms with Gasteiger partial charge in [-0.1, -0.05) is 13.3 Å². The molecule has 0 aromatic carbocycles. The number of aliphatic hydroxyl groups is 1. The molecule has 1 fully saturated rings. The second kappa shape index (κ2) is 5.67. The number of aliphatic carboxylic acids is 1. The minimum atomic E-state index is -1.93. The lowest BCUT2D eigenvalue weighted by molar-refractivity contribution is -0.156. The first-order valence-electron chi connectivity index (χ1n) is 6.33. The molecule has 2 atom stereocenters. The molecule has 4 N–H and O–H groups in total. The lowest BCUT2D eigenvalue weighted by Crippen LogP contribution is -2.57. The maximum absolute atomic E-state index is 12.1. The number of rotatable bonds is 6. The maximum atomic E-state index is 12.1. The van der Waals surface area contributed by atoms with Gasteiger partial charge in [0.05, 0.1) is 12.1 Å². The normalized spacial score (nSPS) is 26.6. The van der Waals surface area contributed by atoms with Crippen molar-refractivity contribution in [3.05, 3.63) is 0 Å². The van der Waals surface area contributed by atoms with Crippen LogP contribution in [0.1, 0.15) is 39.5 Å². The summed E-state index contributed by atoms with van der Waals surface area (Å²) in [6.45, 7) is 3.68. The van der Waals surface area contributed by atoms with Gasteiger partial charge in [-0.3, -0.25) is 4.79 Å². The maximum Gasteiger partial charge on any atom is 0.337 e. The zero-order valence-corrected chi connectivity index (χ0v) is 11.0. The van der Waals surface area contributed by atoms with Crippen molar-refractivity contribution in [1.29, 1.82) is 0 Å². The van der Waals surface area contributed by atoms with Crippen LogP contribution in [0, 0.1) is 0 Å². The highest BCUT2D eigenvalue weighted by Gasteiger charge is 2.41. The van der Waals surface area contributed by atoms with Crippen LogP contribution in [0.2, 0.25) is 0 Å². The summed E-state index contributed by atoms with van der Waals surface area (Å²) in [7, 11) is 0. The van der Waals surface area contributed by atoms with Gasteiger partial charge in [0.25, 0.3) is 0 Å². The first-order chi connectivity index (χ1) is 8.34. The summed E-state index contributed by atoms with van der Waals surface area (Å²) in [5.74, 6) is -1.56. The Kier molecular flexibility index (Phi) is 4.70. The van der Waals surface area contributed by atoms with Crippen LogP contribution in [0.25, 0.3) is 0 Å². The second-order valence-corrected chi connectivity index (χ2v) is 5.12. The van der Waals surface area contributed by atoms with E-state index in [4.69, 9.17) is 5.11 Å². The van der Waals surface area contributed by atoms with Crippen molar-refractivity contribution in [2.24, 2.45) is 0 Å². The van der Waals surface area contributed by atoms with E-state index in [2.05, 4.69) is 10.6 Å². The fourth-order valence-corrected chi connectivity index (χ4v) is 2.25. The van der Waals surface area contributed by atoms with E-state index in [1.165, 1.54) is 6.92 Å². The fraction of sp³-hybridized carbons (Fsp3) is 0.833. The number of hydrogen-bond acceptors (Lipinski definition) is 4. The van der Waals surface area contributed by atoms with Crippen LogP contribution in [0.4, 0.5) is 0 Å². The summed E-state index contributed by atoms with van der Waals surface area (Å²) in [6.07, 6.45) is 3.27. The molecule has 6 nitrogen and oxygen atoms in total. The molecule has 1 amide bonds. The van der Waals surface area contributed by atoms with E-state index in [0.717, 1.165) is 25.8 Å². The zero-order chi connectivity index (χ0) is 13.8. The number of carbonyl (C=O) groups is 2. The molecule has 1 aliphatic heterocycles. The van der Waals surface area contributed by atoms with E-state index in [9.17, 15) is 14.7 Å². The third-order valence-electron chi connectivity index (χ3n) is 3.41. The van der Waals surface area contributed by atoms with Crippen LogP contribution in [-0.4, -0.2) is 46.3 Å². The SMILES string of the molecule is CCCC1(C(=O)NCC(C)(O)C(=O)O)CCCN1. The summed E-state index contributed by atoms with van der Waals surface area (Å²) in [4.78, 5) is 22.9. The molecule has 0 bridgehead atoms. The second-order valence-electron chi connectivity index (χ2n) is 5.12. The molecular weight excluding hydrogens is 236 g/mol. The molecule has 1 rings (SSSR count). The molecule has 0 radical (unpaired) electrons. The highest BCUT2D eigenvalue weighted by Crippen LogP contribution is 2.25. The number of carboxylic acid groups (broad SMARTS) is 1. The first-order valence-corrected chi connectivity index (χ1v) is 6.33. The summed E-state index contributed by atoms with van der Waals surface area (Å²) >= 11 is 0. The monoisotopic (exact) mass is 258 g/mol. The van der Waals surface area contributed by atoms with E-state index in [0.29, 0.717) is 6.42 Å². The largest absolute Gasteiger partial charge is 0.479 e. The van der Waals surface area contributed by atoms with Crippen LogP contribution in [0.3, 0.4) is 0 Å². The Morgan fingerprint density at radius 1 is 1.50 bits per heavy atom. The van der Waals surface area contributed by atoms with Gasteiger partial charge in [0.15, 0.2) is 5.60 Å². The van der Waals surface area contributed by atoms with Crippen LogP contribution in [0.5, 0.6) is 0 Å². The van der Waals surface area contributed by atoms with Crippen molar-refractivity contribution in [2.45, 2.75) is 50.7 Å². The van der Waals surface area contributed by atoms with E-state index in [1.807, 2.05) is 6.92 Å². The third-order valence-corrected chi connectivity index (χ3v) is 3.41. The van der Waals surface area contributed by atoms with E-state index in [-0.39, 0.29) is 12.5 Å². The van der Waals surface area contributed by atoms with Crippen molar-refractivity contribution < 1.29 is 19.8 Å². The highest BCUT2D eigenvalue weighted by atomic mass is 16.4. The predicted molar refractivity (Wildman–Crippen MR) is 66.1 cm³/mol. The molecule has 0 aromatic heterocycles. The molecule has 0 spiro atoms. The van der Waals surface area contributed by atoms with Gasteiger partial charge in [0.2, 0.25) is 5.91 Å². The molecule has 0 saturated carbocycles. The van der Waals surface area contributed by atoms with E-state index in [1.54, 1.807) is 0 Å². The summed E-state index contributed by atoms with van der Waals surface area (Å²) in [5.41, 5.74) is -2.52. The van der Waals surface area contributed by atoms with E-state index < -0.39 is 17.1 Å². The van der Waals surface area contributed by atoms with Crippen molar-refractivity contribution in [2.75, 3.05) is 13.1 Å². The molecule has 0 aromatic rings. The molecule has 1 heterocycles. The van der Waals surface area contributed by atoms with Crippen LogP contribution in [0.15, 0.2) is 0 Å². The zero-order valence-electron chi connectivity index (χ0n) is 11.0. The summed E-state index contributed by atoms with van der Waals surface area (Å²) in [5, 5.41) is 24.1. The summed E-state index contributed by atoms with van der Waals surface area (Å²) in [6, 6.07) is 0. The Balaban J connectivity index is 2.61. The standard InChI is InChI=1S/C12H22N2O4/c1-3-5-12(6-4-7-14-12)9(15)13-8-11(2,18)10(16)17/h14,18H,3-8H2,1-2H3,(H,13,15)(H,16,17). The number of hydrogen-bond donors (Lipinski definition) is 4. The average Bonchev–Trinajstić information content (AvgIpc) is 2.76. The van der Waals surface area contributed by atoms with Crippen molar-refractivity contribution in [3.63, 3.8) is 0 Å². The Bertz CT molecular complexity index is 322. The van der Waals surface area contributed by atoms with Gasteiger partial charge in [-0.2, -0.15) is 0 Å². The van der Waals surface area contributed by atoms with Gasteiger partial charge in [-0.25, -0.2) is 4.79 Å². The third kappa shape index (κ3) is 3.20. The quantitative estimate of drug-likeness (QED) is 0.531. The van der Waals surface area contributed by atoms with Crippen LogP contribution in [-0.2, 0) is 9.59 Å². The Hall–Kier alpha value is -1.14. The lowest BCUT2D eigenvalue weighted by atomic mass is 9.90. The van der Waals surface area contributed by atoms with Crippen LogP contribution < -0.4 is 10.6 Å². The first kappa shape index (κ1) is 14.9. The number of amides is 1. The average molecular weight is 258 g/mol. The van der Waals surface area contributed by atoms with Gasteiger partial charge in [0, 0.05) is 0 Å². The predicted octanol–water partition coefficient (Wildman–Crippen LogP) is -0.139. The van der Waals surface area contributed by atoms with Crippen molar-refractivity contribution in [3.8, 4) is 0 Å². The molecule has 1 aliphatic rings. The molecule has 18 heavy (non-hydrogen) atoms. The molecule has 104 valence electrons. The lowest BCUT2D eigenvalue weighted by Gasteiger charge is -2.29. The number of nitrogens with one attached hydrogen (secondary N) is 2. The number of carbonyl (C=O) groups excluding carboxylic acids is 1. The Labute approximate surface area is 107 Å². The van der Waals surface area contributed by atoms with Crippen molar-refractivity contribution >= 4 is 11.9 Å². The van der Waals surface area contributed by atoms with Gasteiger partial charge in [-0.15, -0.1) is 0 Å². The molecule has 6 heteroatoms. The topological polar surface area (TPSA) is 98.7 Å². The van der Waals surface area contributed by atoms with E-state index >= 15 is 0 Å². The van der Waals surface area contributed by atoms with Gasteiger partial charge in [0.1, 0.15) is 0 Å². The van der Waals surface area contributed by atoms with Gasteiger partial charge in [-0.05, 0) is 32.7 Å². The number of carboxylic acids is 1. The molecule has 2 unspecified atom stereocenters.